The number of hydrogen-bond acceptors (Lipinski definition) is 5. The van der Waals surface area contributed by atoms with Crippen molar-refractivity contribution in [2.75, 3.05) is 20.3 Å². The lowest BCUT2D eigenvalue weighted by molar-refractivity contribution is -0.00920. The van der Waals surface area contributed by atoms with Gasteiger partial charge in [0, 0.05) is 13.2 Å². The van der Waals surface area contributed by atoms with E-state index in [9.17, 15) is 4.79 Å². The fraction of sp³-hybridized carbons (Fsp3) is 0.643. The van der Waals surface area contributed by atoms with Crippen molar-refractivity contribution in [1.29, 1.82) is 0 Å². The van der Waals surface area contributed by atoms with Gasteiger partial charge in [0.25, 0.3) is 0 Å². The predicted octanol–water partition coefficient (Wildman–Crippen LogP) is 2.28. The van der Waals surface area contributed by atoms with Crippen LogP contribution in [0.1, 0.15) is 42.6 Å². The first kappa shape index (κ1) is 15.7. The summed E-state index contributed by atoms with van der Waals surface area (Å²) in [4.78, 5) is 11.4. The van der Waals surface area contributed by atoms with Crippen LogP contribution in [0.5, 0.6) is 0 Å². The maximum atomic E-state index is 11.4. The third-order valence-corrected chi connectivity index (χ3v) is 2.76. The Morgan fingerprint density at radius 3 is 2.74 bits per heavy atom. The lowest BCUT2D eigenvalue weighted by Crippen LogP contribution is -2.37. The molecule has 1 aromatic rings. The highest BCUT2D eigenvalue weighted by Gasteiger charge is 2.18. The summed E-state index contributed by atoms with van der Waals surface area (Å²) in [7, 11) is 1.36. The van der Waals surface area contributed by atoms with Gasteiger partial charge in [-0.3, -0.25) is 0 Å². The second-order valence-corrected chi connectivity index (χ2v) is 4.97. The predicted molar refractivity (Wildman–Crippen MR) is 72.2 cm³/mol. The summed E-state index contributed by atoms with van der Waals surface area (Å²) in [6.07, 6.45) is 0. The Kier molecular flexibility index (Phi) is 5.57. The van der Waals surface area contributed by atoms with E-state index < -0.39 is 0 Å². The van der Waals surface area contributed by atoms with E-state index in [2.05, 4.69) is 10.1 Å². The van der Waals surface area contributed by atoms with Crippen LogP contribution in [-0.4, -0.2) is 31.8 Å². The van der Waals surface area contributed by atoms with Crippen LogP contribution in [0.2, 0.25) is 0 Å². The van der Waals surface area contributed by atoms with Gasteiger partial charge in [-0.2, -0.15) is 0 Å². The molecule has 0 aliphatic heterocycles. The minimum atomic E-state index is -0.373. The number of furan rings is 1. The Hall–Kier alpha value is -1.33. The molecule has 108 valence electrons. The first-order chi connectivity index (χ1) is 8.89. The average molecular weight is 269 g/mol. The molecule has 0 saturated heterocycles. The van der Waals surface area contributed by atoms with Crippen LogP contribution in [0.4, 0.5) is 0 Å². The number of nitrogens with one attached hydrogen (secondary N) is 1. The first-order valence-electron chi connectivity index (χ1n) is 6.42. The second-order valence-electron chi connectivity index (χ2n) is 4.97. The molecule has 1 N–H and O–H groups in total. The summed E-state index contributed by atoms with van der Waals surface area (Å²) in [6, 6.07) is 1.71. The van der Waals surface area contributed by atoms with Crippen molar-refractivity contribution in [1.82, 2.24) is 5.32 Å². The van der Waals surface area contributed by atoms with Gasteiger partial charge in [0.1, 0.15) is 17.1 Å². The molecule has 0 atom stereocenters. The van der Waals surface area contributed by atoms with E-state index in [4.69, 9.17) is 9.15 Å². The zero-order valence-electron chi connectivity index (χ0n) is 12.3. The molecule has 5 heteroatoms. The van der Waals surface area contributed by atoms with Crippen molar-refractivity contribution in [3.63, 3.8) is 0 Å². The van der Waals surface area contributed by atoms with Crippen LogP contribution in [0.25, 0.3) is 0 Å². The van der Waals surface area contributed by atoms with Gasteiger partial charge >= 0.3 is 5.97 Å². The van der Waals surface area contributed by atoms with E-state index in [0.717, 1.165) is 0 Å². The number of ether oxygens (including phenoxy) is 2. The van der Waals surface area contributed by atoms with Crippen LogP contribution in [0, 0.1) is 6.92 Å². The Morgan fingerprint density at radius 1 is 1.47 bits per heavy atom. The molecule has 19 heavy (non-hydrogen) atoms. The minimum absolute atomic E-state index is 0.221. The van der Waals surface area contributed by atoms with Crippen LogP contribution in [0.3, 0.4) is 0 Å². The summed E-state index contributed by atoms with van der Waals surface area (Å²) in [5.41, 5.74) is 0.255. The van der Waals surface area contributed by atoms with Crippen molar-refractivity contribution in [3.05, 3.63) is 23.2 Å². The van der Waals surface area contributed by atoms with E-state index in [0.29, 0.717) is 36.8 Å². The number of carbonyl (C=O) groups is 1. The molecule has 0 amide bonds. The third kappa shape index (κ3) is 4.69. The first-order valence-corrected chi connectivity index (χ1v) is 6.42. The van der Waals surface area contributed by atoms with Gasteiger partial charge in [-0.1, -0.05) is 0 Å². The minimum Gasteiger partial charge on any atom is -0.465 e. The topological polar surface area (TPSA) is 60.7 Å². The quantitative estimate of drug-likeness (QED) is 0.769. The van der Waals surface area contributed by atoms with Gasteiger partial charge in [-0.05, 0) is 33.8 Å². The summed E-state index contributed by atoms with van der Waals surface area (Å²) >= 11 is 0. The lowest BCUT2D eigenvalue weighted by Gasteiger charge is -2.24. The Labute approximate surface area is 114 Å². The standard InChI is InChI=1S/C14H23NO4/c1-6-18-14(3,4)9-15-8-11-7-12(10(2)19-11)13(16)17-5/h7,15H,6,8-9H2,1-5H3. The zero-order valence-corrected chi connectivity index (χ0v) is 12.3. The number of esters is 1. The molecule has 1 rings (SSSR count). The number of carbonyl (C=O) groups excluding carboxylic acids is 1. The fourth-order valence-corrected chi connectivity index (χ4v) is 1.87. The van der Waals surface area contributed by atoms with E-state index in [1.807, 2.05) is 20.8 Å². The van der Waals surface area contributed by atoms with Crippen molar-refractivity contribution in [2.24, 2.45) is 0 Å². The van der Waals surface area contributed by atoms with Crippen LogP contribution in [0.15, 0.2) is 10.5 Å². The molecule has 5 nitrogen and oxygen atoms in total. The highest BCUT2D eigenvalue weighted by molar-refractivity contribution is 5.90. The van der Waals surface area contributed by atoms with Gasteiger partial charge in [0.2, 0.25) is 0 Å². The van der Waals surface area contributed by atoms with Gasteiger partial charge in [0.05, 0.1) is 19.3 Å². The molecule has 0 bridgehead atoms. The smallest absolute Gasteiger partial charge is 0.341 e. The molecule has 1 heterocycles. The third-order valence-electron chi connectivity index (χ3n) is 2.76. The Morgan fingerprint density at radius 2 is 2.16 bits per heavy atom. The SMILES string of the molecule is CCOC(C)(C)CNCc1cc(C(=O)OC)c(C)o1. The van der Waals surface area contributed by atoms with E-state index in [1.54, 1.807) is 13.0 Å². The largest absolute Gasteiger partial charge is 0.465 e. The van der Waals surface area contributed by atoms with Crippen molar-refractivity contribution in [3.8, 4) is 0 Å². The molecule has 0 unspecified atom stereocenters. The monoisotopic (exact) mass is 269 g/mol. The summed E-state index contributed by atoms with van der Waals surface area (Å²) in [5, 5.41) is 3.25. The van der Waals surface area contributed by atoms with Crippen molar-refractivity contribution < 1.29 is 18.7 Å². The highest BCUT2D eigenvalue weighted by Crippen LogP contribution is 2.16. The van der Waals surface area contributed by atoms with Crippen LogP contribution in [-0.2, 0) is 16.0 Å². The maximum Gasteiger partial charge on any atom is 0.341 e. The lowest BCUT2D eigenvalue weighted by atomic mass is 10.1. The summed E-state index contributed by atoms with van der Waals surface area (Å²) < 4.78 is 15.8. The number of methoxy groups -OCH3 is 1. The molecular weight excluding hydrogens is 246 g/mol. The van der Waals surface area contributed by atoms with E-state index in [-0.39, 0.29) is 11.6 Å². The van der Waals surface area contributed by atoms with Gasteiger partial charge in [-0.25, -0.2) is 4.79 Å². The van der Waals surface area contributed by atoms with Crippen molar-refractivity contribution >= 4 is 5.97 Å². The summed E-state index contributed by atoms with van der Waals surface area (Å²) in [6.45, 7) is 9.71. The van der Waals surface area contributed by atoms with Gasteiger partial charge in [-0.15, -0.1) is 0 Å². The molecular formula is C14H23NO4. The Bertz CT molecular complexity index is 423. The Balaban J connectivity index is 2.53. The van der Waals surface area contributed by atoms with Crippen LogP contribution >= 0.6 is 0 Å². The molecule has 0 aromatic carbocycles. The molecule has 0 saturated carbocycles. The summed E-state index contributed by atoms with van der Waals surface area (Å²) in [5.74, 6) is 0.917. The van der Waals surface area contributed by atoms with E-state index >= 15 is 0 Å². The number of rotatable bonds is 7. The van der Waals surface area contributed by atoms with Crippen molar-refractivity contribution in [2.45, 2.75) is 39.8 Å². The van der Waals surface area contributed by atoms with Gasteiger partial charge in [0.15, 0.2) is 0 Å². The molecule has 0 aliphatic rings. The van der Waals surface area contributed by atoms with Crippen LogP contribution < -0.4 is 5.32 Å². The molecule has 0 radical (unpaired) electrons. The fourth-order valence-electron chi connectivity index (χ4n) is 1.87. The molecule has 0 aliphatic carbocycles. The zero-order chi connectivity index (χ0) is 14.5. The molecule has 0 fully saturated rings. The molecule has 1 aromatic heterocycles. The van der Waals surface area contributed by atoms with Gasteiger partial charge < -0.3 is 19.2 Å². The van der Waals surface area contributed by atoms with E-state index in [1.165, 1.54) is 7.11 Å². The second kappa shape index (κ2) is 6.73. The molecule has 0 spiro atoms. The number of aryl methyl sites for hydroxylation is 1. The maximum absolute atomic E-state index is 11.4. The number of hydrogen-bond donors (Lipinski definition) is 1. The normalized spacial score (nSPS) is 11.6. The average Bonchev–Trinajstić information content (AvgIpc) is 2.69. The highest BCUT2D eigenvalue weighted by atomic mass is 16.5.